The summed E-state index contributed by atoms with van der Waals surface area (Å²) in [5.41, 5.74) is 0.730. The molecule has 3 N–H and O–H groups in total. The second-order valence-electron chi connectivity index (χ2n) is 7.63. The summed E-state index contributed by atoms with van der Waals surface area (Å²) in [6, 6.07) is 3.66. The molecule has 1 aliphatic rings. The molecule has 0 amide bonds. The number of nitrogens with zero attached hydrogens (tertiary/aromatic N) is 5. The molecule has 0 spiro atoms. The zero-order chi connectivity index (χ0) is 23.2. The minimum atomic E-state index is -4.65. The van der Waals surface area contributed by atoms with E-state index in [9.17, 15) is 22.0 Å². The summed E-state index contributed by atoms with van der Waals surface area (Å²) in [4.78, 5) is 11.8. The van der Waals surface area contributed by atoms with Crippen molar-refractivity contribution in [1.82, 2.24) is 34.9 Å². The van der Waals surface area contributed by atoms with E-state index in [4.69, 9.17) is 0 Å². The number of hydrogen-bond donors (Lipinski definition) is 3. The van der Waals surface area contributed by atoms with Crippen molar-refractivity contribution in [3.8, 4) is 22.8 Å². The van der Waals surface area contributed by atoms with Crippen LogP contribution in [0.2, 0.25) is 0 Å². The highest BCUT2D eigenvalue weighted by Gasteiger charge is 2.35. The number of alkyl halides is 3. The van der Waals surface area contributed by atoms with E-state index in [1.807, 2.05) is 5.10 Å². The van der Waals surface area contributed by atoms with Crippen LogP contribution in [0, 0.1) is 11.6 Å². The molecule has 4 aromatic rings. The van der Waals surface area contributed by atoms with Gasteiger partial charge in [-0.3, -0.25) is 9.50 Å². The minimum absolute atomic E-state index is 0.0354. The molecular formula is C20H17F5N8. The second-order valence-corrected chi connectivity index (χ2v) is 7.63. The number of aromatic nitrogens is 6. The SMILES string of the molecule is Fc1cc(F)c(-c2cnc3cc(-c4n[nH]c(C(F)(F)F)n4)ccn23)nc1NC1CCCNC1. The molecular weight excluding hydrogens is 447 g/mol. The van der Waals surface area contributed by atoms with Crippen molar-refractivity contribution >= 4 is 11.5 Å². The number of hydrogen-bond acceptors (Lipinski definition) is 6. The Labute approximate surface area is 183 Å². The van der Waals surface area contributed by atoms with E-state index in [0.717, 1.165) is 25.5 Å². The Morgan fingerprint density at radius 1 is 1.12 bits per heavy atom. The summed E-state index contributed by atoms with van der Waals surface area (Å²) in [7, 11) is 0. The summed E-state index contributed by atoms with van der Waals surface area (Å²) in [5.74, 6) is -3.11. The van der Waals surface area contributed by atoms with Gasteiger partial charge in [-0.1, -0.05) is 0 Å². The molecule has 4 aromatic heterocycles. The van der Waals surface area contributed by atoms with Gasteiger partial charge < -0.3 is 10.6 Å². The molecule has 5 rings (SSSR count). The molecule has 1 aliphatic heterocycles. The molecule has 0 radical (unpaired) electrons. The van der Waals surface area contributed by atoms with Gasteiger partial charge >= 0.3 is 6.18 Å². The summed E-state index contributed by atoms with van der Waals surface area (Å²) in [5, 5.41) is 11.7. The van der Waals surface area contributed by atoms with Crippen LogP contribution in [0.15, 0.2) is 30.6 Å². The first kappa shape index (κ1) is 21.2. The molecule has 0 saturated carbocycles. The van der Waals surface area contributed by atoms with E-state index in [0.29, 0.717) is 12.2 Å². The van der Waals surface area contributed by atoms with Crippen LogP contribution in [0.5, 0.6) is 0 Å². The van der Waals surface area contributed by atoms with E-state index in [1.54, 1.807) is 0 Å². The van der Waals surface area contributed by atoms with Crippen LogP contribution in [0.3, 0.4) is 0 Å². The average Bonchev–Trinajstić information content (AvgIpc) is 3.43. The molecule has 172 valence electrons. The maximum absolute atomic E-state index is 14.6. The average molecular weight is 464 g/mol. The predicted molar refractivity (Wildman–Crippen MR) is 108 cm³/mol. The van der Waals surface area contributed by atoms with Gasteiger partial charge in [-0.15, -0.1) is 0 Å². The number of rotatable bonds is 4. The summed E-state index contributed by atoms with van der Waals surface area (Å²) < 4.78 is 68.8. The first-order valence-electron chi connectivity index (χ1n) is 10.1. The number of fused-ring (bicyclic) bond motifs is 1. The van der Waals surface area contributed by atoms with Crippen molar-refractivity contribution in [2.75, 3.05) is 18.4 Å². The van der Waals surface area contributed by atoms with Crippen LogP contribution in [-0.4, -0.2) is 48.7 Å². The zero-order valence-corrected chi connectivity index (χ0v) is 16.9. The van der Waals surface area contributed by atoms with E-state index in [2.05, 4.69) is 30.7 Å². The van der Waals surface area contributed by atoms with Gasteiger partial charge in [-0.2, -0.15) is 18.3 Å². The van der Waals surface area contributed by atoms with Crippen LogP contribution >= 0.6 is 0 Å². The fourth-order valence-corrected chi connectivity index (χ4v) is 3.73. The van der Waals surface area contributed by atoms with Crippen molar-refractivity contribution in [2.45, 2.75) is 25.1 Å². The minimum Gasteiger partial charge on any atom is -0.364 e. The summed E-state index contributed by atoms with van der Waals surface area (Å²) in [6.45, 7) is 1.53. The Morgan fingerprint density at radius 2 is 1.97 bits per heavy atom. The Hall–Kier alpha value is -3.61. The molecule has 0 bridgehead atoms. The molecule has 1 atom stereocenters. The van der Waals surface area contributed by atoms with E-state index in [-0.39, 0.29) is 34.6 Å². The quantitative estimate of drug-likeness (QED) is 0.399. The standard InChI is InChI=1S/C20H17F5N8/c21-12-7-13(22)18(28-11-2-1-4-26-8-11)29-16(12)14-9-27-15-6-10(3-5-33(14)15)17-30-19(32-31-17)20(23,24)25/h3,5-7,9,11,26H,1-2,4,8H2,(H,28,29)(H,30,31,32). The lowest BCUT2D eigenvalue weighted by molar-refractivity contribution is -0.144. The first-order valence-corrected chi connectivity index (χ1v) is 10.1. The van der Waals surface area contributed by atoms with Gasteiger partial charge in [0.15, 0.2) is 23.3 Å². The fourth-order valence-electron chi connectivity index (χ4n) is 3.73. The summed E-state index contributed by atoms with van der Waals surface area (Å²) in [6.07, 6.45) is -0.0530. The van der Waals surface area contributed by atoms with Crippen LogP contribution in [0.4, 0.5) is 27.8 Å². The van der Waals surface area contributed by atoms with Crippen LogP contribution in [0.25, 0.3) is 28.4 Å². The number of piperidine rings is 1. The smallest absolute Gasteiger partial charge is 0.364 e. The van der Waals surface area contributed by atoms with Gasteiger partial charge in [-0.25, -0.2) is 23.7 Å². The number of halogens is 5. The van der Waals surface area contributed by atoms with Crippen LogP contribution < -0.4 is 10.6 Å². The van der Waals surface area contributed by atoms with E-state index < -0.39 is 23.6 Å². The number of anilines is 1. The number of pyridine rings is 2. The molecule has 1 saturated heterocycles. The first-order chi connectivity index (χ1) is 15.8. The molecule has 1 unspecified atom stereocenters. The topological polar surface area (TPSA) is 95.8 Å². The highest BCUT2D eigenvalue weighted by atomic mass is 19.4. The summed E-state index contributed by atoms with van der Waals surface area (Å²) >= 11 is 0. The van der Waals surface area contributed by atoms with Crippen molar-refractivity contribution in [2.24, 2.45) is 0 Å². The third-order valence-corrected chi connectivity index (χ3v) is 5.34. The van der Waals surface area contributed by atoms with Crippen LogP contribution in [0.1, 0.15) is 18.7 Å². The van der Waals surface area contributed by atoms with E-state index >= 15 is 0 Å². The lowest BCUT2D eigenvalue weighted by Gasteiger charge is -2.24. The lowest BCUT2D eigenvalue weighted by Crippen LogP contribution is -2.38. The van der Waals surface area contributed by atoms with Gasteiger partial charge in [0, 0.05) is 30.4 Å². The molecule has 0 aromatic carbocycles. The Morgan fingerprint density at radius 3 is 2.70 bits per heavy atom. The molecule has 5 heterocycles. The van der Waals surface area contributed by atoms with Gasteiger partial charge in [0.2, 0.25) is 5.82 Å². The number of imidazole rings is 1. The monoisotopic (exact) mass is 464 g/mol. The van der Waals surface area contributed by atoms with Crippen molar-refractivity contribution in [3.63, 3.8) is 0 Å². The Kier molecular flexibility index (Phi) is 5.19. The number of nitrogens with one attached hydrogen (secondary N) is 3. The maximum Gasteiger partial charge on any atom is 0.451 e. The largest absolute Gasteiger partial charge is 0.451 e. The van der Waals surface area contributed by atoms with Crippen molar-refractivity contribution in [3.05, 3.63) is 48.1 Å². The number of H-pyrrole nitrogens is 1. The number of aromatic amines is 1. The third kappa shape index (κ3) is 4.11. The molecule has 1 fully saturated rings. The van der Waals surface area contributed by atoms with Gasteiger partial charge in [-0.05, 0) is 31.5 Å². The van der Waals surface area contributed by atoms with Gasteiger partial charge in [0.05, 0.1) is 11.9 Å². The fraction of sp³-hybridized carbons (Fsp3) is 0.300. The van der Waals surface area contributed by atoms with E-state index in [1.165, 1.54) is 28.9 Å². The predicted octanol–water partition coefficient (Wildman–Crippen LogP) is 3.64. The maximum atomic E-state index is 14.6. The highest BCUT2D eigenvalue weighted by molar-refractivity contribution is 5.67. The van der Waals surface area contributed by atoms with Gasteiger partial charge in [0.25, 0.3) is 0 Å². The zero-order valence-electron chi connectivity index (χ0n) is 16.9. The molecule has 8 nitrogen and oxygen atoms in total. The second kappa shape index (κ2) is 8.06. The van der Waals surface area contributed by atoms with Crippen molar-refractivity contribution < 1.29 is 22.0 Å². The lowest BCUT2D eigenvalue weighted by atomic mass is 10.1. The van der Waals surface area contributed by atoms with Crippen LogP contribution in [-0.2, 0) is 6.18 Å². The highest BCUT2D eigenvalue weighted by Crippen LogP contribution is 2.30. The van der Waals surface area contributed by atoms with Crippen molar-refractivity contribution in [1.29, 1.82) is 0 Å². The molecule has 13 heteroatoms. The van der Waals surface area contributed by atoms with Gasteiger partial charge in [0.1, 0.15) is 11.3 Å². The Bertz CT molecular complexity index is 1310. The molecule has 33 heavy (non-hydrogen) atoms. The molecule has 0 aliphatic carbocycles. The normalized spacial score (nSPS) is 16.9. The third-order valence-electron chi connectivity index (χ3n) is 5.34. The Balaban J connectivity index is 1.49.